The molecule has 1 aromatic heterocycles. The van der Waals surface area contributed by atoms with Gasteiger partial charge in [-0.2, -0.15) is 13.2 Å². The average Bonchev–Trinajstić information content (AvgIpc) is 3.25. The van der Waals surface area contributed by atoms with E-state index in [-0.39, 0.29) is 41.0 Å². The summed E-state index contributed by atoms with van der Waals surface area (Å²) in [6.45, 7) is 3.21. The quantitative estimate of drug-likeness (QED) is 0.563. The maximum Gasteiger partial charge on any atom is 0.417 e. The number of hydrogen-bond acceptors (Lipinski definition) is 5. The smallest absolute Gasteiger partial charge is 0.345 e. The van der Waals surface area contributed by atoms with Crippen LogP contribution in [-0.2, 0) is 22.3 Å². The summed E-state index contributed by atoms with van der Waals surface area (Å²) in [6, 6.07) is 6.29. The predicted octanol–water partition coefficient (Wildman–Crippen LogP) is 4.36. The molecule has 39 heavy (non-hydrogen) atoms. The number of amides is 3. The largest absolute Gasteiger partial charge is 0.417 e. The molecule has 0 radical (unpaired) electrons. The SMILES string of the molecule is Cc1cc(C(=O)N(C)C)cc(NC(=O)[C@H]2CCC(=O)N2C2CCN(Cc3ccc(Cl)c(C(F)(F)F)c3)CC2)n1. The number of carbonyl (C=O) groups excluding carboxylic acids is 3. The minimum Gasteiger partial charge on any atom is -0.345 e. The molecule has 0 aliphatic carbocycles. The molecule has 12 heteroatoms. The number of aromatic nitrogens is 1. The van der Waals surface area contributed by atoms with Gasteiger partial charge in [-0.1, -0.05) is 17.7 Å². The summed E-state index contributed by atoms with van der Waals surface area (Å²) in [6.07, 6.45) is -2.69. The van der Waals surface area contributed by atoms with Crippen LogP contribution in [0.2, 0.25) is 5.02 Å². The molecule has 2 saturated heterocycles. The lowest BCUT2D eigenvalue weighted by Gasteiger charge is -2.39. The molecule has 2 aromatic rings. The van der Waals surface area contributed by atoms with Gasteiger partial charge in [-0.15, -0.1) is 0 Å². The first-order chi connectivity index (χ1) is 18.3. The van der Waals surface area contributed by atoms with Crippen LogP contribution >= 0.6 is 11.6 Å². The molecular weight excluding hydrogens is 535 g/mol. The number of rotatable bonds is 6. The second-order valence-corrected chi connectivity index (χ2v) is 10.7. The molecule has 1 atom stereocenters. The zero-order valence-corrected chi connectivity index (χ0v) is 22.8. The number of aryl methyl sites for hydroxylation is 1. The van der Waals surface area contributed by atoms with Crippen LogP contribution in [0.3, 0.4) is 0 Å². The first-order valence-corrected chi connectivity index (χ1v) is 13.1. The third-order valence-corrected chi connectivity index (χ3v) is 7.44. The Labute approximate surface area is 230 Å². The number of benzene rings is 1. The molecule has 1 N–H and O–H groups in total. The standard InChI is InChI=1S/C27H31ClF3N5O3/c1-16-12-18(26(39)34(2)3)14-23(32-16)33-25(38)22-6-7-24(37)36(22)19-8-10-35(11-9-19)15-17-4-5-21(28)20(13-17)27(29,30)31/h4-5,12-14,19,22H,6-11,15H2,1-3H3,(H,32,33,38)/t22-/m1/s1. The number of halogens is 4. The van der Waals surface area contributed by atoms with E-state index in [2.05, 4.69) is 10.3 Å². The van der Waals surface area contributed by atoms with Crippen molar-refractivity contribution in [2.75, 3.05) is 32.5 Å². The van der Waals surface area contributed by atoms with Crippen LogP contribution in [-0.4, -0.2) is 76.7 Å². The van der Waals surface area contributed by atoms with Gasteiger partial charge >= 0.3 is 6.18 Å². The van der Waals surface area contributed by atoms with Crippen molar-refractivity contribution in [1.82, 2.24) is 19.7 Å². The lowest BCUT2D eigenvalue weighted by atomic mass is 10.0. The summed E-state index contributed by atoms with van der Waals surface area (Å²) < 4.78 is 39.7. The second-order valence-electron chi connectivity index (χ2n) is 10.2. The summed E-state index contributed by atoms with van der Waals surface area (Å²) >= 11 is 5.74. The Bertz CT molecular complexity index is 1260. The van der Waals surface area contributed by atoms with E-state index in [9.17, 15) is 27.6 Å². The molecule has 4 rings (SSSR count). The first-order valence-electron chi connectivity index (χ1n) is 12.7. The molecule has 0 bridgehead atoms. The van der Waals surface area contributed by atoms with E-state index >= 15 is 0 Å². The van der Waals surface area contributed by atoms with E-state index in [0.29, 0.717) is 55.7 Å². The topological polar surface area (TPSA) is 85.8 Å². The molecule has 0 saturated carbocycles. The number of nitrogens with zero attached hydrogens (tertiary/aromatic N) is 4. The Hall–Kier alpha value is -3.18. The van der Waals surface area contributed by atoms with Gasteiger partial charge in [-0.05, 0) is 56.0 Å². The number of likely N-dealkylation sites (tertiary alicyclic amines) is 2. The molecule has 0 unspecified atom stereocenters. The summed E-state index contributed by atoms with van der Waals surface area (Å²) in [5.41, 5.74) is 0.636. The number of hydrogen-bond donors (Lipinski definition) is 1. The van der Waals surface area contributed by atoms with E-state index in [4.69, 9.17) is 11.6 Å². The molecule has 8 nitrogen and oxygen atoms in total. The average molecular weight is 566 g/mol. The zero-order chi connectivity index (χ0) is 28.5. The van der Waals surface area contributed by atoms with Gasteiger partial charge in [0.25, 0.3) is 5.91 Å². The second kappa shape index (κ2) is 11.5. The van der Waals surface area contributed by atoms with Crippen molar-refractivity contribution >= 4 is 35.1 Å². The van der Waals surface area contributed by atoms with Gasteiger partial charge in [-0.25, -0.2) is 4.98 Å². The molecule has 210 valence electrons. The molecule has 3 amide bonds. The monoisotopic (exact) mass is 565 g/mol. The maximum atomic E-state index is 13.2. The van der Waals surface area contributed by atoms with Crippen LogP contribution in [0.15, 0.2) is 30.3 Å². The van der Waals surface area contributed by atoms with Crippen molar-refractivity contribution in [3.05, 3.63) is 57.7 Å². The van der Waals surface area contributed by atoms with Crippen molar-refractivity contribution in [2.24, 2.45) is 0 Å². The Kier molecular flexibility index (Phi) is 8.51. The lowest BCUT2D eigenvalue weighted by Crippen LogP contribution is -2.51. The molecule has 2 fully saturated rings. The van der Waals surface area contributed by atoms with E-state index in [1.54, 1.807) is 38.1 Å². The normalized spacial score (nSPS) is 18.9. The number of nitrogens with one attached hydrogen (secondary N) is 1. The minimum atomic E-state index is -4.52. The van der Waals surface area contributed by atoms with Crippen molar-refractivity contribution < 1.29 is 27.6 Å². The Morgan fingerprint density at radius 1 is 1.13 bits per heavy atom. The van der Waals surface area contributed by atoms with Crippen molar-refractivity contribution in [1.29, 1.82) is 0 Å². The predicted molar refractivity (Wildman–Crippen MR) is 140 cm³/mol. The Morgan fingerprint density at radius 3 is 2.46 bits per heavy atom. The van der Waals surface area contributed by atoms with Crippen LogP contribution < -0.4 is 5.32 Å². The van der Waals surface area contributed by atoms with Gasteiger partial charge in [0.2, 0.25) is 11.8 Å². The van der Waals surface area contributed by atoms with Gasteiger partial charge < -0.3 is 15.1 Å². The summed E-state index contributed by atoms with van der Waals surface area (Å²) in [5, 5.41) is 2.45. The van der Waals surface area contributed by atoms with E-state index in [0.717, 1.165) is 6.07 Å². The minimum absolute atomic E-state index is 0.0956. The Morgan fingerprint density at radius 2 is 1.82 bits per heavy atom. The summed E-state index contributed by atoms with van der Waals surface area (Å²) in [5.74, 6) is -0.415. The van der Waals surface area contributed by atoms with Gasteiger partial charge in [0, 0.05) is 57.4 Å². The van der Waals surface area contributed by atoms with Crippen molar-refractivity contribution in [3.63, 3.8) is 0 Å². The number of piperidine rings is 1. The van der Waals surface area contributed by atoms with E-state index in [1.807, 2.05) is 4.90 Å². The van der Waals surface area contributed by atoms with Crippen LogP contribution in [0, 0.1) is 6.92 Å². The number of carbonyl (C=O) groups is 3. The van der Waals surface area contributed by atoms with Crippen LogP contribution in [0.25, 0.3) is 0 Å². The molecule has 0 spiro atoms. The summed E-state index contributed by atoms with van der Waals surface area (Å²) in [7, 11) is 3.28. The number of anilines is 1. The fourth-order valence-electron chi connectivity index (χ4n) is 5.24. The molecule has 2 aliphatic heterocycles. The molecular formula is C27H31ClF3N5O3. The fourth-order valence-corrected chi connectivity index (χ4v) is 5.47. The maximum absolute atomic E-state index is 13.2. The van der Waals surface area contributed by atoms with Gasteiger partial charge in [-0.3, -0.25) is 19.3 Å². The van der Waals surface area contributed by atoms with Crippen LogP contribution in [0.1, 0.15) is 52.9 Å². The third-order valence-electron chi connectivity index (χ3n) is 7.11. The molecule has 2 aliphatic rings. The van der Waals surface area contributed by atoms with Gasteiger partial charge in [0.05, 0.1) is 10.6 Å². The molecule has 3 heterocycles. The highest BCUT2D eigenvalue weighted by atomic mass is 35.5. The summed E-state index contributed by atoms with van der Waals surface area (Å²) in [4.78, 5) is 47.9. The first kappa shape index (κ1) is 28.8. The zero-order valence-electron chi connectivity index (χ0n) is 22.0. The number of pyridine rings is 1. The lowest BCUT2D eigenvalue weighted by molar-refractivity contribution is -0.137. The van der Waals surface area contributed by atoms with Crippen LogP contribution in [0.5, 0.6) is 0 Å². The Balaban J connectivity index is 1.39. The third kappa shape index (κ3) is 6.70. The fraction of sp³-hybridized carbons (Fsp3) is 0.481. The molecule has 1 aromatic carbocycles. The van der Waals surface area contributed by atoms with Gasteiger partial charge in [0.15, 0.2) is 0 Å². The van der Waals surface area contributed by atoms with Gasteiger partial charge in [0.1, 0.15) is 11.9 Å². The highest BCUT2D eigenvalue weighted by Crippen LogP contribution is 2.35. The van der Waals surface area contributed by atoms with E-state index in [1.165, 1.54) is 17.0 Å². The van der Waals surface area contributed by atoms with E-state index < -0.39 is 17.8 Å². The van der Waals surface area contributed by atoms with Crippen molar-refractivity contribution in [2.45, 2.75) is 57.4 Å². The highest BCUT2D eigenvalue weighted by Gasteiger charge is 2.41. The van der Waals surface area contributed by atoms with Crippen LogP contribution in [0.4, 0.5) is 19.0 Å². The number of alkyl halides is 3. The highest BCUT2D eigenvalue weighted by molar-refractivity contribution is 6.31. The van der Waals surface area contributed by atoms with Crippen molar-refractivity contribution in [3.8, 4) is 0 Å².